The first-order valence-corrected chi connectivity index (χ1v) is 19.2. The molecule has 5 atom stereocenters. The van der Waals surface area contributed by atoms with E-state index < -0.39 is 22.8 Å². The molecule has 0 saturated heterocycles. The molecule has 274 valence electrons. The number of carbonyl (C=O) groups excluding carboxylic acids is 1. The number of esters is 1. The lowest BCUT2D eigenvalue weighted by atomic mass is 9.60. The summed E-state index contributed by atoms with van der Waals surface area (Å²) in [5, 5.41) is 29.1. The molecule has 2 aliphatic rings. The largest absolute Gasteiger partial charge is 0.480 e. The van der Waals surface area contributed by atoms with Crippen molar-refractivity contribution in [2.24, 2.45) is 22.7 Å². The number of carbonyl (C=O) groups is 2. The van der Waals surface area contributed by atoms with E-state index in [1.54, 1.807) is 12.1 Å². The molecule has 0 heterocycles. The Labute approximate surface area is 315 Å². The fourth-order valence-corrected chi connectivity index (χ4v) is 8.31. The quantitative estimate of drug-likeness (QED) is 0.137. The molecule has 5 unspecified atom stereocenters. The van der Waals surface area contributed by atoms with Gasteiger partial charge in [-0.3, -0.25) is 4.79 Å². The molecule has 4 aromatic carbocycles. The SMILES string of the molecule is CCCc1ccc(-c2ccc(C3C(C)CCCC3(C#N)C(=O)O)cc2)cc1.CCc1ccc(-c2ccc(OC(=O)C3(C#N)CCCC(C)C3)cc2)cc1. The van der Waals surface area contributed by atoms with Crippen molar-refractivity contribution in [2.45, 2.75) is 97.8 Å². The second-order valence-corrected chi connectivity index (χ2v) is 15.2. The van der Waals surface area contributed by atoms with Crippen molar-refractivity contribution in [1.29, 1.82) is 10.5 Å². The van der Waals surface area contributed by atoms with Crippen LogP contribution in [0.1, 0.15) is 102 Å². The summed E-state index contributed by atoms with van der Waals surface area (Å²) in [5.74, 6) is -0.617. The van der Waals surface area contributed by atoms with Gasteiger partial charge in [0, 0.05) is 5.92 Å². The monoisotopic (exact) mass is 708 g/mol. The summed E-state index contributed by atoms with van der Waals surface area (Å²) in [5.41, 5.74) is 5.77. The smallest absolute Gasteiger partial charge is 0.331 e. The summed E-state index contributed by atoms with van der Waals surface area (Å²) in [6, 6.07) is 37.1. The molecule has 6 nitrogen and oxygen atoms in total. The van der Waals surface area contributed by atoms with Crippen molar-refractivity contribution >= 4 is 11.9 Å². The molecule has 6 rings (SSSR count). The topological polar surface area (TPSA) is 111 Å². The molecule has 6 heteroatoms. The lowest BCUT2D eigenvalue weighted by Gasteiger charge is -2.40. The minimum Gasteiger partial charge on any atom is -0.480 e. The zero-order valence-electron chi connectivity index (χ0n) is 31.6. The second kappa shape index (κ2) is 17.5. The Morgan fingerprint density at radius 1 is 0.736 bits per heavy atom. The van der Waals surface area contributed by atoms with Crippen LogP contribution < -0.4 is 4.74 Å². The number of nitriles is 2. The number of hydrogen-bond acceptors (Lipinski definition) is 5. The molecule has 53 heavy (non-hydrogen) atoms. The molecule has 0 amide bonds. The van der Waals surface area contributed by atoms with Crippen LogP contribution in [0.5, 0.6) is 5.75 Å². The normalized spacial score (nSPS) is 23.7. The molecule has 1 N–H and O–H groups in total. The fourth-order valence-electron chi connectivity index (χ4n) is 8.31. The third-order valence-electron chi connectivity index (χ3n) is 11.4. The van der Waals surface area contributed by atoms with Crippen LogP contribution in [-0.2, 0) is 22.4 Å². The van der Waals surface area contributed by atoms with Crippen LogP contribution in [-0.4, -0.2) is 17.0 Å². The molecule has 0 aliphatic heterocycles. The van der Waals surface area contributed by atoms with Crippen molar-refractivity contribution in [3.05, 3.63) is 114 Å². The number of aryl methyl sites for hydroxylation is 2. The molecule has 4 aromatic rings. The maximum absolute atomic E-state index is 12.6. The van der Waals surface area contributed by atoms with E-state index >= 15 is 0 Å². The Balaban J connectivity index is 0.000000204. The van der Waals surface area contributed by atoms with Gasteiger partial charge in [-0.25, -0.2) is 4.79 Å². The molecule has 2 fully saturated rings. The van der Waals surface area contributed by atoms with Gasteiger partial charge in [0.25, 0.3) is 0 Å². The van der Waals surface area contributed by atoms with Gasteiger partial charge in [0.1, 0.15) is 5.75 Å². The van der Waals surface area contributed by atoms with E-state index in [9.17, 15) is 25.2 Å². The van der Waals surface area contributed by atoms with E-state index in [4.69, 9.17) is 4.74 Å². The third kappa shape index (κ3) is 8.89. The van der Waals surface area contributed by atoms with Gasteiger partial charge in [-0.05, 0) is 101 Å². The number of hydrogen-bond donors (Lipinski definition) is 1. The highest BCUT2D eigenvalue weighted by Crippen LogP contribution is 2.50. The predicted octanol–water partition coefficient (Wildman–Crippen LogP) is 11.3. The van der Waals surface area contributed by atoms with Crippen LogP contribution in [0.25, 0.3) is 22.3 Å². The number of rotatable bonds is 9. The van der Waals surface area contributed by atoms with Crippen LogP contribution in [0.2, 0.25) is 0 Å². The van der Waals surface area contributed by atoms with Gasteiger partial charge in [0.15, 0.2) is 10.8 Å². The van der Waals surface area contributed by atoms with Gasteiger partial charge in [-0.1, -0.05) is 138 Å². The molecule has 2 saturated carbocycles. The van der Waals surface area contributed by atoms with Crippen LogP contribution in [0.4, 0.5) is 0 Å². The Kier molecular flexibility index (Phi) is 12.9. The maximum atomic E-state index is 12.6. The number of nitrogens with zero attached hydrogens (tertiary/aromatic N) is 2. The molecule has 0 radical (unpaired) electrons. The van der Waals surface area contributed by atoms with Crippen molar-refractivity contribution in [2.75, 3.05) is 0 Å². The van der Waals surface area contributed by atoms with E-state index in [2.05, 4.69) is 100 Å². The summed E-state index contributed by atoms with van der Waals surface area (Å²) in [6.45, 7) is 8.48. The number of carboxylic acid groups (broad SMARTS) is 1. The summed E-state index contributed by atoms with van der Waals surface area (Å²) in [7, 11) is 0. The predicted molar refractivity (Wildman–Crippen MR) is 210 cm³/mol. The summed E-state index contributed by atoms with van der Waals surface area (Å²) < 4.78 is 5.56. The van der Waals surface area contributed by atoms with Crippen LogP contribution in [0.3, 0.4) is 0 Å². The fraction of sp³-hybridized carbons (Fsp3) is 0.404. The van der Waals surface area contributed by atoms with Gasteiger partial charge in [0.05, 0.1) is 12.1 Å². The lowest BCUT2D eigenvalue weighted by molar-refractivity contribution is -0.149. The highest BCUT2D eigenvalue weighted by atomic mass is 16.5. The first-order chi connectivity index (χ1) is 25.6. The summed E-state index contributed by atoms with van der Waals surface area (Å²) in [4.78, 5) is 24.6. The first-order valence-electron chi connectivity index (χ1n) is 19.2. The molecule has 0 aromatic heterocycles. The average molecular weight is 709 g/mol. The Morgan fingerprint density at radius 3 is 1.75 bits per heavy atom. The average Bonchev–Trinajstić information content (AvgIpc) is 3.18. The van der Waals surface area contributed by atoms with Crippen molar-refractivity contribution in [1.82, 2.24) is 0 Å². The minimum absolute atomic E-state index is 0.175. The number of ether oxygens (including phenoxy) is 1. The highest BCUT2D eigenvalue weighted by Gasteiger charge is 2.51. The Morgan fingerprint density at radius 2 is 1.26 bits per heavy atom. The maximum Gasteiger partial charge on any atom is 0.331 e. The number of aliphatic carboxylic acids is 1. The number of benzene rings is 4. The molecule has 2 aliphatic carbocycles. The van der Waals surface area contributed by atoms with E-state index in [0.29, 0.717) is 30.9 Å². The standard InChI is InChI=1S/C24H27NO2.C23H25NO2/c1-3-5-18-7-9-19(10-8-18)20-11-13-21(14-12-20)22-17(2)6-4-15-24(22,16-25)23(26)27;1-3-18-6-8-19(9-7-18)20-10-12-21(13-11-20)26-22(25)23(16-24)14-4-5-17(2)15-23/h7-14,17,22H,3-6,15H2,1-2H3,(H,26,27);6-13,17H,3-5,14-15H2,1-2H3. The second-order valence-electron chi connectivity index (χ2n) is 15.2. The van der Waals surface area contributed by atoms with Crippen LogP contribution in [0, 0.1) is 45.3 Å². The van der Waals surface area contributed by atoms with Gasteiger partial charge in [0.2, 0.25) is 0 Å². The Hall–Kier alpha value is -5.20. The minimum atomic E-state index is -1.32. The van der Waals surface area contributed by atoms with Gasteiger partial charge in [-0.15, -0.1) is 0 Å². The lowest BCUT2D eigenvalue weighted by Crippen LogP contribution is -2.42. The van der Waals surface area contributed by atoms with Crippen LogP contribution in [0.15, 0.2) is 97.1 Å². The molecule has 0 spiro atoms. The van der Waals surface area contributed by atoms with Crippen molar-refractivity contribution < 1.29 is 19.4 Å². The van der Waals surface area contributed by atoms with E-state index in [1.807, 2.05) is 24.3 Å². The van der Waals surface area contributed by atoms with Crippen LogP contribution >= 0.6 is 0 Å². The van der Waals surface area contributed by atoms with E-state index in [-0.39, 0.29) is 11.8 Å². The highest BCUT2D eigenvalue weighted by molar-refractivity contribution is 5.82. The third-order valence-corrected chi connectivity index (χ3v) is 11.4. The summed E-state index contributed by atoms with van der Waals surface area (Å²) >= 11 is 0. The first kappa shape index (κ1) is 39.0. The van der Waals surface area contributed by atoms with E-state index in [0.717, 1.165) is 72.8 Å². The number of carboxylic acids is 1. The molecular weight excluding hydrogens is 657 g/mol. The Bertz CT molecular complexity index is 1920. The molecule has 0 bridgehead atoms. The van der Waals surface area contributed by atoms with Gasteiger partial charge < -0.3 is 9.84 Å². The van der Waals surface area contributed by atoms with Gasteiger partial charge >= 0.3 is 11.9 Å². The van der Waals surface area contributed by atoms with Crippen molar-refractivity contribution in [3.8, 4) is 40.1 Å². The zero-order valence-corrected chi connectivity index (χ0v) is 31.6. The molecular formula is C47H52N2O4. The van der Waals surface area contributed by atoms with Crippen molar-refractivity contribution in [3.63, 3.8) is 0 Å². The van der Waals surface area contributed by atoms with E-state index in [1.165, 1.54) is 11.1 Å². The summed E-state index contributed by atoms with van der Waals surface area (Å²) in [6.07, 6.45) is 8.57. The van der Waals surface area contributed by atoms with Gasteiger partial charge in [-0.2, -0.15) is 10.5 Å². The zero-order chi connectivity index (χ0) is 38.0.